The van der Waals surface area contributed by atoms with Crippen LogP contribution in [-0.4, -0.2) is 11.7 Å². The van der Waals surface area contributed by atoms with Crippen LogP contribution in [0.25, 0.3) is 16.7 Å². The molecule has 1 amide bonds. The zero-order valence-corrected chi connectivity index (χ0v) is 28.5. The van der Waals surface area contributed by atoms with Crippen LogP contribution in [0.15, 0.2) is 97.1 Å². The van der Waals surface area contributed by atoms with Gasteiger partial charge < -0.3 is 5.32 Å². The van der Waals surface area contributed by atoms with Crippen LogP contribution < -0.4 is 5.32 Å². The van der Waals surface area contributed by atoms with Crippen LogP contribution in [-0.2, 0) is 11.2 Å². The fourth-order valence-electron chi connectivity index (χ4n) is 6.71. The van der Waals surface area contributed by atoms with Gasteiger partial charge >= 0.3 is 0 Å². The van der Waals surface area contributed by atoms with Gasteiger partial charge in [-0.2, -0.15) is 0 Å². The molecule has 0 spiro atoms. The van der Waals surface area contributed by atoms with Gasteiger partial charge in [0.05, 0.1) is 5.92 Å². The Balaban J connectivity index is 1.37. The normalized spacial score (nSPS) is 15.6. The Morgan fingerprint density at radius 3 is 2.11 bits per heavy atom. The van der Waals surface area contributed by atoms with E-state index in [9.17, 15) is 9.59 Å². The molecule has 3 nitrogen and oxygen atoms in total. The summed E-state index contributed by atoms with van der Waals surface area (Å²) in [5.74, 6) is 0.454. The highest BCUT2D eigenvalue weighted by Crippen LogP contribution is 2.40. The summed E-state index contributed by atoms with van der Waals surface area (Å²) in [4.78, 5) is 26.4. The molecule has 0 saturated heterocycles. The third kappa shape index (κ3) is 8.12. The molecule has 0 saturated carbocycles. The molecule has 0 fully saturated rings. The maximum Gasteiger partial charge on any atom is 0.232 e. The summed E-state index contributed by atoms with van der Waals surface area (Å²) in [7, 11) is 0. The van der Waals surface area contributed by atoms with Crippen LogP contribution >= 0.6 is 0 Å². The number of allylic oxidation sites excluding steroid dienone is 2. The van der Waals surface area contributed by atoms with Crippen molar-refractivity contribution in [2.75, 3.05) is 5.32 Å². The molecule has 0 aliphatic heterocycles. The lowest BCUT2D eigenvalue weighted by molar-refractivity contribution is -0.117. The Bertz CT molecular complexity index is 1690. The Morgan fingerprint density at radius 2 is 1.52 bits per heavy atom. The van der Waals surface area contributed by atoms with Crippen molar-refractivity contribution in [1.29, 1.82) is 0 Å². The maximum atomic E-state index is 14.0. The van der Waals surface area contributed by atoms with Crippen molar-refractivity contribution in [3.8, 4) is 11.1 Å². The van der Waals surface area contributed by atoms with Crippen LogP contribution in [0.1, 0.15) is 104 Å². The van der Waals surface area contributed by atoms with Gasteiger partial charge in [-0.1, -0.05) is 118 Å². The third-order valence-electron chi connectivity index (χ3n) is 9.67. The molecular formula is C43H49NO2. The van der Waals surface area contributed by atoms with E-state index >= 15 is 0 Å². The topological polar surface area (TPSA) is 46.2 Å². The number of ketones is 1. The minimum Gasteiger partial charge on any atom is -0.326 e. The number of hydrogen-bond donors (Lipinski definition) is 1. The average Bonchev–Trinajstić information content (AvgIpc) is 3.04. The van der Waals surface area contributed by atoms with Crippen LogP contribution in [0, 0.1) is 25.2 Å². The number of aryl methyl sites for hydroxylation is 2. The van der Waals surface area contributed by atoms with Crippen molar-refractivity contribution in [2.45, 2.75) is 86.0 Å². The Hall–Kier alpha value is -4.24. The SMILES string of the molecule is CCCC(=O)c1ccc(C[C@H](C(=O)Nc2ccc(-c3ccc(C)cc3C)cc2)c2ccc(C3=CC[C@@H](C(C)(C)C)CC3)cc2)cc1. The van der Waals surface area contributed by atoms with Crippen molar-refractivity contribution < 1.29 is 9.59 Å². The first-order valence-electron chi connectivity index (χ1n) is 16.9. The second-order valence-corrected chi connectivity index (χ2v) is 14.2. The number of anilines is 1. The molecule has 5 rings (SSSR count). The predicted octanol–water partition coefficient (Wildman–Crippen LogP) is 11.1. The minimum atomic E-state index is -0.379. The molecule has 3 heteroatoms. The lowest BCUT2D eigenvalue weighted by atomic mass is 9.72. The summed E-state index contributed by atoms with van der Waals surface area (Å²) in [5, 5.41) is 3.20. The number of hydrogen-bond acceptors (Lipinski definition) is 2. The van der Waals surface area contributed by atoms with Crippen molar-refractivity contribution in [2.24, 2.45) is 11.3 Å². The van der Waals surface area contributed by atoms with Gasteiger partial charge in [0.2, 0.25) is 5.91 Å². The van der Waals surface area contributed by atoms with E-state index < -0.39 is 0 Å². The monoisotopic (exact) mass is 611 g/mol. The van der Waals surface area contributed by atoms with Crippen molar-refractivity contribution in [3.63, 3.8) is 0 Å². The summed E-state index contributed by atoms with van der Waals surface area (Å²) < 4.78 is 0. The van der Waals surface area contributed by atoms with Crippen molar-refractivity contribution >= 4 is 23.0 Å². The zero-order chi connectivity index (χ0) is 32.8. The molecule has 2 atom stereocenters. The predicted molar refractivity (Wildman–Crippen MR) is 193 cm³/mol. The maximum absolute atomic E-state index is 14.0. The second-order valence-electron chi connectivity index (χ2n) is 14.2. The fourth-order valence-corrected chi connectivity index (χ4v) is 6.71. The van der Waals surface area contributed by atoms with Gasteiger partial charge in [-0.15, -0.1) is 0 Å². The number of benzene rings is 4. The quantitative estimate of drug-likeness (QED) is 0.181. The van der Waals surface area contributed by atoms with E-state index in [4.69, 9.17) is 0 Å². The van der Waals surface area contributed by atoms with E-state index in [2.05, 4.69) is 101 Å². The number of rotatable bonds is 10. The molecule has 1 aliphatic rings. The number of amides is 1. The van der Waals surface area contributed by atoms with Gasteiger partial charge in [-0.05, 0) is 108 Å². The molecule has 1 aliphatic carbocycles. The first kappa shape index (κ1) is 33.1. The Morgan fingerprint density at radius 1 is 0.848 bits per heavy atom. The van der Waals surface area contributed by atoms with Crippen LogP contribution in [0.4, 0.5) is 5.69 Å². The van der Waals surface area contributed by atoms with Gasteiger partial charge in [-0.25, -0.2) is 0 Å². The smallest absolute Gasteiger partial charge is 0.232 e. The van der Waals surface area contributed by atoms with E-state index in [1.807, 2.05) is 43.3 Å². The molecule has 0 heterocycles. The van der Waals surface area contributed by atoms with E-state index in [1.54, 1.807) is 0 Å². The highest BCUT2D eigenvalue weighted by atomic mass is 16.2. The van der Waals surface area contributed by atoms with Gasteiger partial charge in [0, 0.05) is 17.7 Å². The molecule has 1 N–H and O–H groups in total. The Labute approximate surface area is 276 Å². The highest BCUT2D eigenvalue weighted by molar-refractivity contribution is 5.97. The van der Waals surface area contributed by atoms with E-state index in [0.717, 1.165) is 47.2 Å². The molecule has 0 bridgehead atoms. The van der Waals surface area contributed by atoms with Crippen LogP contribution in [0.5, 0.6) is 0 Å². The zero-order valence-electron chi connectivity index (χ0n) is 28.5. The Kier molecular flexibility index (Phi) is 10.4. The second kappa shape index (κ2) is 14.5. The summed E-state index contributed by atoms with van der Waals surface area (Å²) in [6.07, 6.45) is 7.76. The first-order chi connectivity index (χ1) is 22.0. The molecular weight excluding hydrogens is 562 g/mol. The lowest BCUT2D eigenvalue weighted by Gasteiger charge is -2.33. The number of carbonyl (C=O) groups excluding carboxylic acids is 2. The summed E-state index contributed by atoms with van der Waals surface area (Å²) in [5.41, 5.74) is 11.3. The summed E-state index contributed by atoms with van der Waals surface area (Å²) in [6, 6.07) is 31.0. The molecule has 238 valence electrons. The van der Waals surface area contributed by atoms with Gasteiger partial charge in [0.25, 0.3) is 0 Å². The van der Waals surface area contributed by atoms with E-state index in [0.29, 0.717) is 24.2 Å². The van der Waals surface area contributed by atoms with Crippen LogP contribution in [0.2, 0.25) is 0 Å². The van der Waals surface area contributed by atoms with Gasteiger partial charge in [0.15, 0.2) is 5.78 Å². The average molecular weight is 612 g/mol. The third-order valence-corrected chi connectivity index (χ3v) is 9.67. The largest absolute Gasteiger partial charge is 0.326 e. The molecule has 4 aromatic carbocycles. The molecule has 0 unspecified atom stereocenters. The lowest BCUT2D eigenvalue weighted by Crippen LogP contribution is -2.23. The minimum absolute atomic E-state index is 0.0388. The fraction of sp³-hybridized carbons (Fsp3) is 0.349. The summed E-state index contributed by atoms with van der Waals surface area (Å²) >= 11 is 0. The molecule has 0 radical (unpaired) electrons. The van der Waals surface area contributed by atoms with Crippen molar-refractivity contribution in [3.05, 3.63) is 130 Å². The van der Waals surface area contributed by atoms with Crippen molar-refractivity contribution in [1.82, 2.24) is 0 Å². The standard InChI is InChI=1S/C43H49NO2/c1-7-8-41(45)36-12-10-31(11-13-36)28-40(35-16-14-32(15-17-35)33-18-22-37(23-19-33)43(4,5)6)42(46)44-38-24-20-34(21-25-38)39-26-9-29(2)27-30(39)3/h9-18,20-21,24-27,37,40H,7-8,19,22-23,28H2,1-6H3,(H,44,46)/t37-,40+/m1/s1. The first-order valence-corrected chi connectivity index (χ1v) is 16.9. The molecule has 46 heavy (non-hydrogen) atoms. The molecule has 4 aromatic rings. The molecule has 0 aromatic heterocycles. The van der Waals surface area contributed by atoms with Gasteiger partial charge in [0.1, 0.15) is 0 Å². The number of carbonyl (C=O) groups is 2. The van der Waals surface area contributed by atoms with E-state index in [1.165, 1.54) is 34.2 Å². The van der Waals surface area contributed by atoms with Gasteiger partial charge in [-0.3, -0.25) is 9.59 Å². The number of nitrogens with one attached hydrogen (secondary N) is 1. The highest BCUT2D eigenvalue weighted by Gasteiger charge is 2.27. The van der Waals surface area contributed by atoms with Crippen LogP contribution in [0.3, 0.4) is 0 Å². The summed E-state index contributed by atoms with van der Waals surface area (Å²) in [6.45, 7) is 13.3. The van der Waals surface area contributed by atoms with E-state index in [-0.39, 0.29) is 17.6 Å². The number of Topliss-reactive ketones (excluding diaryl/α,β-unsaturated/α-hetero) is 1.